The number of hydrogen-bond acceptors (Lipinski definition) is 3. The first-order chi connectivity index (χ1) is 8.40. The quantitative estimate of drug-likeness (QED) is 0.761. The highest BCUT2D eigenvalue weighted by Crippen LogP contribution is 2.23. The third-order valence-corrected chi connectivity index (χ3v) is 2.67. The SMILES string of the molecule is CC(C)CC(C)COc1cc(N)ccc1C(N)=O. The predicted molar refractivity (Wildman–Crippen MR) is 73.5 cm³/mol. The number of hydrogen-bond donors (Lipinski definition) is 2. The second kappa shape index (κ2) is 6.28. The molecule has 0 aliphatic rings. The van der Waals surface area contributed by atoms with Crippen molar-refractivity contribution in [2.75, 3.05) is 12.3 Å². The van der Waals surface area contributed by atoms with Gasteiger partial charge in [0.2, 0.25) is 0 Å². The van der Waals surface area contributed by atoms with Gasteiger partial charge in [-0.1, -0.05) is 20.8 Å². The molecular weight excluding hydrogens is 228 g/mol. The van der Waals surface area contributed by atoms with E-state index < -0.39 is 5.91 Å². The third-order valence-electron chi connectivity index (χ3n) is 2.67. The third kappa shape index (κ3) is 4.28. The number of benzene rings is 1. The molecule has 0 aromatic heterocycles. The van der Waals surface area contributed by atoms with Gasteiger partial charge >= 0.3 is 0 Å². The fourth-order valence-corrected chi connectivity index (χ4v) is 1.97. The van der Waals surface area contributed by atoms with Crippen molar-refractivity contribution in [3.05, 3.63) is 23.8 Å². The number of primary amides is 1. The first kappa shape index (κ1) is 14.4. The standard InChI is InChI=1S/C14H22N2O2/c1-9(2)6-10(3)8-18-13-7-11(15)4-5-12(13)14(16)17/h4-5,7,9-10H,6,8,15H2,1-3H3,(H2,16,17). The van der Waals surface area contributed by atoms with E-state index >= 15 is 0 Å². The molecule has 4 N–H and O–H groups in total. The van der Waals surface area contributed by atoms with Gasteiger partial charge in [0, 0.05) is 11.8 Å². The highest BCUT2D eigenvalue weighted by Gasteiger charge is 2.12. The summed E-state index contributed by atoms with van der Waals surface area (Å²) in [6.45, 7) is 7.02. The van der Waals surface area contributed by atoms with Crippen LogP contribution in [0.25, 0.3) is 0 Å². The van der Waals surface area contributed by atoms with E-state index in [2.05, 4.69) is 20.8 Å². The Morgan fingerprint density at radius 3 is 2.56 bits per heavy atom. The van der Waals surface area contributed by atoms with Gasteiger partial charge in [-0.15, -0.1) is 0 Å². The van der Waals surface area contributed by atoms with Crippen molar-refractivity contribution in [3.63, 3.8) is 0 Å². The van der Waals surface area contributed by atoms with Crippen LogP contribution in [0, 0.1) is 11.8 Å². The minimum atomic E-state index is -0.499. The van der Waals surface area contributed by atoms with Crippen LogP contribution >= 0.6 is 0 Å². The number of rotatable bonds is 6. The lowest BCUT2D eigenvalue weighted by atomic mass is 10.00. The average molecular weight is 250 g/mol. The van der Waals surface area contributed by atoms with Gasteiger partial charge in [0.25, 0.3) is 5.91 Å². The molecule has 0 aliphatic carbocycles. The molecule has 1 atom stereocenters. The zero-order chi connectivity index (χ0) is 13.7. The van der Waals surface area contributed by atoms with Crippen molar-refractivity contribution in [2.24, 2.45) is 17.6 Å². The normalized spacial score (nSPS) is 12.4. The van der Waals surface area contributed by atoms with Gasteiger partial charge in [0.05, 0.1) is 12.2 Å². The molecule has 18 heavy (non-hydrogen) atoms. The topological polar surface area (TPSA) is 78.3 Å². The number of amides is 1. The fourth-order valence-electron chi connectivity index (χ4n) is 1.97. The van der Waals surface area contributed by atoms with Crippen LogP contribution < -0.4 is 16.2 Å². The van der Waals surface area contributed by atoms with Crippen LogP contribution in [-0.2, 0) is 0 Å². The van der Waals surface area contributed by atoms with E-state index in [0.717, 1.165) is 6.42 Å². The van der Waals surface area contributed by atoms with Crippen molar-refractivity contribution in [1.82, 2.24) is 0 Å². The van der Waals surface area contributed by atoms with E-state index in [0.29, 0.717) is 35.4 Å². The Bertz CT molecular complexity index is 416. The van der Waals surface area contributed by atoms with E-state index in [1.165, 1.54) is 0 Å². The Morgan fingerprint density at radius 2 is 2.00 bits per heavy atom. The Balaban J connectivity index is 2.71. The number of anilines is 1. The molecule has 4 heteroatoms. The van der Waals surface area contributed by atoms with E-state index in [9.17, 15) is 4.79 Å². The van der Waals surface area contributed by atoms with Crippen LogP contribution in [0.2, 0.25) is 0 Å². The van der Waals surface area contributed by atoms with Crippen LogP contribution in [0.5, 0.6) is 5.75 Å². The molecule has 0 aliphatic heterocycles. The zero-order valence-corrected chi connectivity index (χ0v) is 11.3. The number of nitrogen functional groups attached to an aromatic ring is 1. The van der Waals surface area contributed by atoms with E-state index in [4.69, 9.17) is 16.2 Å². The Morgan fingerprint density at radius 1 is 1.33 bits per heavy atom. The monoisotopic (exact) mass is 250 g/mol. The second-order valence-corrected chi connectivity index (χ2v) is 5.17. The maximum atomic E-state index is 11.3. The highest BCUT2D eigenvalue weighted by molar-refractivity contribution is 5.96. The molecule has 1 aromatic carbocycles. The Labute approximate surface area is 108 Å². The molecule has 0 radical (unpaired) electrons. The maximum Gasteiger partial charge on any atom is 0.252 e. The summed E-state index contributed by atoms with van der Waals surface area (Å²) in [4.78, 5) is 11.3. The Kier molecular flexibility index (Phi) is 5.01. The maximum absolute atomic E-state index is 11.3. The lowest BCUT2D eigenvalue weighted by molar-refractivity contribution is 0.0995. The summed E-state index contributed by atoms with van der Waals surface area (Å²) >= 11 is 0. The first-order valence-corrected chi connectivity index (χ1v) is 6.22. The summed E-state index contributed by atoms with van der Waals surface area (Å²) < 4.78 is 5.66. The summed E-state index contributed by atoms with van der Waals surface area (Å²) in [5.74, 6) is 1.02. The van der Waals surface area contributed by atoms with Crippen LogP contribution in [0.4, 0.5) is 5.69 Å². The number of nitrogens with two attached hydrogens (primary N) is 2. The van der Waals surface area contributed by atoms with Crippen molar-refractivity contribution >= 4 is 11.6 Å². The molecule has 1 aromatic rings. The van der Waals surface area contributed by atoms with Crippen molar-refractivity contribution < 1.29 is 9.53 Å². The van der Waals surface area contributed by atoms with E-state index in [1.54, 1.807) is 18.2 Å². The smallest absolute Gasteiger partial charge is 0.252 e. The highest BCUT2D eigenvalue weighted by atomic mass is 16.5. The van der Waals surface area contributed by atoms with Gasteiger partial charge < -0.3 is 16.2 Å². The van der Waals surface area contributed by atoms with Crippen LogP contribution in [-0.4, -0.2) is 12.5 Å². The summed E-state index contributed by atoms with van der Waals surface area (Å²) in [5.41, 5.74) is 11.9. The molecule has 100 valence electrons. The number of ether oxygens (including phenoxy) is 1. The molecule has 4 nitrogen and oxygen atoms in total. The summed E-state index contributed by atoms with van der Waals surface area (Å²) in [6, 6.07) is 4.88. The average Bonchev–Trinajstić information content (AvgIpc) is 2.25. The molecule has 0 heterocycles. The minimum Gasteiger partial charge on any atom is -0.492 e. The molecule has 0 spiro atoms. The number of carbonyl (C=O) groups excluding carboxylic acids is 1. The van der Waals surface area contributed by atoms with Gasteiger partial charge in [-0.2, -0.15) is 0 Å². The summed E-state index contributed by atoms with van der Waals surface area (Å²) in [7, 11) is 0. The number of carbonyl (C=O) groups is 1. The molecule has 1 amide bonds. The van der Waals surface area contributed by atoms with Gasteiger partial charge in [0.1, 0.15) is 5.75 Å². The van der Waals surface area contributed by atoms with Crippen molar-refractivity contribution in [3.8, 4) is 5.75 Å². The van der Waals surface area contributed by atoms with Crippen molar-refractivity contribution in [2.45, 2.75) is 27.2 Å². The van der Waals surface area contributed by atoms with E-state index in [-0.39, 0.29) is 0 Å². The molecule has 0 saturated carbocycles. The van der Waals surface area contributed by atoms with E-state index in [1.807, 2.05) is 0 Å². The van der Waals surface area contributed by atoms with Gasteiger partial charge in [-0.25, -0.2) is 0 Å². The summed E-state index contributed by atoms with van der Waals surface area (Å²) in [6.07, 6.45) is 1.08. The molecule has 1 unspecified atom stereocenters. The van der Waals surface area contributed by atoms with Gasteiger partial charge in [-0.05, 0) is 30.4 Å². The largest absolute Gasteiger partial charge is 0.492 e. The molecule has 0 fully saturated rings. The van der Waals surface area contributed by atoms with Crippen molar-refractivity contribution in [1.29, 1.82) is 0 Å². The zero-order valence-electron chi connectivity index (χ0n) is 11.3. The lowest BCUT2D eigenvalue weighted by Crippen LogP contribution is -2.16. The lowest BCUT2D eigenvalue weighted by Gasteiger charge is -2.16. The Hall–Kier alpha value is -1.71. The van der Waals surface area contributed by atoms with Crippen LogP contribution in [0.3, 0.4) is 0 Å². The molecule has 1 rings (SSSR count). The van der Waals surface area contributed by atoms with Crippen LogP contribution in [0.15, 0.2) is 18.2 Å². The first-order valence-electron chi connectivity index (χ1n) is 6.22. The van der Waals surface area contributed by atoms with Crippen LogP contribution in [0.1, 0.15) is 37.6 Å². The minimum absolute atomic E-state index is 0.376. The molecule has 0 bridgehead atoms. The molecular formula is C14H22N2O2. The van der Waals surface area contributed by atoms with Gasteiger partial charge in [-0.3, -0.25) is 4.79 Å². The fraction of sp³-hybridized carbons (Fsp3) is 0.500. The predicted octanol–water partition coefficient (Wildman–Crippen LogP) is 2.43. The van der Waals surface area contributed by atoms with Gasteiger partial charge in [0.15, 0.2) is 0 Å². The molecule has 0 saturated heterocycles. The summed E-state index contributed by atoms with van der Waals surface area (Å²) in [5, 5.41) is 0. The second-order valence-electron chi connectivity index (χ2n) is 5.17.